The summed E-state index contributed by atoms with van der Waals surface area (Å²) in [5.41, 5.74) is 0. The van der Waals surface area contributed by atoms with Crippen LogP contribution < -0.4 is 10.6 Å². The molecule has 6 heteroatoms. The molecule has 0 aromatic carbocycles. The molecule has 1 aromatic heterocycles. The molecule has 0 aliphatic carbocycles. The number of piperidine rings is 1. The summed E-state index contributed by atoms with van der Waals surface area (Å²) >= 11 is 1.51. The third kappa shape index (κ3) is 5.65. The number of anilines is 1. The van der Waals surface area contributed by atoms with Gasteiger partial charge in [-0.3, -0.25) is 4.79 Å². The van der Waals surface area contributed by atoms with E-state index in [0.717, 1.165) is 30.9 Å². The number of carbonyl (C=O) groups is 1. The van der Waals surface area contributed by atoms with E-state index in [0.29, 0.717) is 23.4 Å². The van der Waals surface area contributed by atoms with Crippen LogP contribution in [0.2, 0.25) is 0 Å². The summed E-state index contributed by atoms with van der Waals surface area (Å²) in [7, 11) is 0. The van der Waals surface area contributed by atoms with E-state index in [9.17, 15) is 4.79 Å². The van der Waals surface area contributed by atoms with Crippen LogP contribution in [-0.4, -0.2) is 29.2 Å². The van der Waals surface area contributed by atoms with Crippen LogP contribution in [0.15, 0.2) is 0 Å². The smallest absolute Gasteiger partial charge is 0.226 e. The number of aryl methyl sites for hydroxylation is 1. The topological polar surface area (TPSA) is 66.9 Å². The fourth-order valence-corrected chi connectivity index (χ4v) is 3.77. The van der Waals surface area contributed by atoms with Gasteiger partial charge >= 0.3 is 0 Å². The highest BCUT2D eigenvalue weighted by Gasteiger charge is 2.22. The lowest BCUT2D eigenvalue weighted by atomic mass is 9.84. The molecule has 5 nitrogen and oxygen atoms in total. The van der Waals surface area contributed by atoms with Crippen LogP contribution in [-0.2, 0) is 11.2 Å². The second-order valence-electron chi connectivity index (χ2n) is 6.28. The third-order valence-corrected chi connectivity index (χ3v) is 5.30. The number of rotatable bonds is 8. The molecule has 2 heterocycles. The van der Waals surface area contributed by atoms with Gasteiger partial charge in [0.05, 0.1) is 0 Å². The normalized spacial score (nSPS) is 17.4. The molecule has 124 valence electrons. The Bertz CT molecular complexity index is 457. The van der Waals surface area contributed by atoms with Crippen molar-refractivity contribution in [1.29, 1.82) is 0 Å². The van der Waals surface area contributed by atoms with E-state index in [1.807, 2.05) is 0 Å². The predicted molar refractivity (Wildman–Crippen MR) is 91.1 cm³/mol. The lowest BCUT2D eigenvalue weighted by Crippen LogP contribution is -2.32. The Morgan fingerprint density at radius 1 is 1.36 bits per heavy atom. The first kappa shape index (κ1) is 17.3. The fraction of sp³-hybridized carbons (Fsp3) is 0.812. The second kappa shape index (κ2) is 9.20. The van der Waals surface area contributed by atoms with E-state index >= 15 is 0 Å². The number of amides is 1. The zero-order valence-corrected chi connectivity index (χ0v) is 14.5. The minimum Gasteiger partial charge on any atom is -0.317 e. The zero-order valence-electron chi connectivity index (χ0n) is 13.7. The summed E-state index contributed by atoms with van der Waals surface area (Å²) in [5.74, 6) is 1.16. The summed E-state index contributed by atoms with van der Waals surface area (Å²) in [6.45, 7) is 6.53. The average Bonchev–Trinajstić information content (AvgIpc) is 2.95. The molecule has 1 amide bonds. The van der Waals surface area contributed by atoms with Gasteiger partial charge in [0.25, 0.3) is 0 Å². The van der Waals surface area contributed by atoms with Crippen LogP contribution >= 0.6 is 11.3 Å². The van der Waals surface area contributed by atoms with Crippen molar-refractivity contribution in [3.05, 3.63) is 5.01 Å². The van der Waals surface area contributed by atoms with E-state index in [1.165, 1.54) is 37.0 Å². The average molecular weight is 324 g/mol. The van der Waals surface area contributed by atoms with E-state index in [4.69, 9.17) is 0 Å². The molecular weight excluding hydrogens is 296 g/mol. The summed E-state index contributed by atoms with van der Waals surface area (Å²) in [4.78, 5) is 12.1. The molecule has 1 aromatic rings. The van der Waals surface area contributed by atoms with Gasteiger partial charge in [-0.05, 0) is 44.2 Å². The van der Waals surface area contributed by atoms with Crippen molar-refractivity contribution in [2.75, 3.05) is 18.4 Å². The van der Waals surface area contributed by atoms with Gasteiger partial charge in [0.15, 0.2) is 0 Å². The van der Waals surface area contributed by atoms with Crippen molar-refractivity contribution in [2.24, 2.45) is 11.8 Å². The molecule has 2 rings (SSSR count). The Morgan fingerprint density at radius 3 is 2.86 bits per heavy atom. The maximum absolute atomic E-state index is 12.1. The van der Waals surface area contributed by atoms with Gasteiger partial charge in [-0.15, -0.1) is 10.2 Å². The molecule has 22 heavy (non-hydrogen) atoms. The number of nitrogens with one attached hydrogen (secondary N) is 2. The summed E-state index contributed by atoms with van der Waals surface area (Å²) in [6.07, 6.45) is 7.46. The lowest BCUT2D eigenvalue weighted by Gasteiger charge is -2.27. The minimum absolute atomic E-state index is 0.0716. The molecule has 1 unspecified atom stereocenters. The third-order valence-electron chi connectivity index (χ3n) is 4.40. The van der Waals surface area contributed by atoms with E-state index < -0.39 is 0 Å². The quantitative estimate of drug-likeness (QED) is 0.720. The highest BCUT2D eigenvalue weighted by molar-refractivity contribution is 7.15. The van der Waals surface area contributed by atoms with Crippen molar-refractivity contribution in [3.8, 4) is 0 Å². The fourth-order valence-electron chi connectivity index (χ4n) is 2.97. The van der Waals surface area contributed by atoms with Crippen molar-refractivity contribution < 1.29 is 4.79 Å². The molecule has 0 bridgehead atoms. The van der Waals surface area contributed by atoms with Gasteiger partial charge in [0.1, 0.15) is 5.01 Å². The molecule has 1 saturated heterocycles. The van der Waals surface area contributed by atoms with E-state index in [2.05, 4.69) is 34.7 Å². The van der Waals surface area contributed by atoms with Crippen LogP contribution in [0.3, 0.4) is 0 Å². The monoisotopic (exact) mass is 324 g/mol. The summed E-state index contributed by atoms with van der Waals surface area (Å²) < 4.78 is 0. The number of unbranched alkanes of at least 4 members (excludes halogenated alkanes) is 2. The van der Waals surface area contributed by atoms with Gasteiger partial charge in [-0.1, -0.05) is 38.0 Å². The molecule has 1 aliphatic rings. The largest absolute Gasteiger partial charge is 0.317 e. The molecule has 0 radical (unpaired) electrons. The van der Waals surface area contributed by atoms with Crippen molar-refractivity contribution >= 4 is 22.4 Å². The van der Waals surface area contributed by atoms with E-state index in [1.54, 1.807) is 0 Å². The Morgan fingerprint density at radius 2 is 2.14 bits per heavy atom. The van der Waals surface area contributed by atoms with Crippen LogP contribution in [0.1, 0.15) is 57.4 Å². The molecular formula is C16H28N4OS. The highest BCUT2D eigenvalue weighted by atomic mass is 32.1. The standard InChI is InChI=1S/C16H28N4OS/c1-3-4-5-6-15-19-20-16(22-15)18-14(21)11-12(2)13-7-9-17-10-8-13/h12-13,17H,3-11H2,1-2H3,(H,18,20,21). The number of hydrogen-bond acceptors (Lipinski definition) is 5. The molecule has 1 aliphatic heterocycles. The highest BCUT2D eigenvalue weighted by Crippen LogP contribution is 2.25. The van der Waals surface area contributed by atoms with Crippen molar-refractivity contribution in [1.82, 2.24) is 15.5 Å². The Balaban J connectivity index is 1.74. The molecule has 1 atom stereocenters. The maximum atomic E-state index is 12.1. The SMILES string of the molecule is CCCCCc1nnc(NC(=O)CC(C)C2CCNCC2)s1. The van der Waals surface area contributed by atoms with Gasteiger partial charge < -0.3 is 10.6 Å². The Kier molecular flexibility index (Phi) is 7.25. The zero-order chi connectivity index (χ0) is 15.8. The van der Waals surface area contributed by atoms with Crippen molar-refractivity contribution in [3.63, 3.8) is 0 Å². The van der Waals surface area contributed by atoms with Crippen molar-refractivity contribution in [2.45, 2.75) is 58.8 Å². The Hall–Kier alpha value is -1.01. The predicted octanol–water partition coefficient (Wildman–Crippen LogP) is 3.24. The molecule has 0 spiro atoms. The molecule has 1 fully saturated rings. The number of nitrogens with zero attached hydrogens (tertiary/aromatic N) is 2. The minimum atomic E-state index is 0.0716. The number of hydrogen-bond donors (Lipinski definition) is 2. The van der Waals surface area contributed by atoms with Crippen LogP contribution in [0.4, 0.5) is 5.13 Å². The van der Waals surface area contributed by atoms with Gasteiger partial charge in [-0.2, -0.15) is 0 Å². The first-order valence-corrected chi connectivity index (χ1v) is 9.33. The van der Waals surface area contributed by atoms with Gasteiger partial charge in [0.2, 0.25) is 11.0 Å². The first-order chi connectivity index (χ1) is 10.7. The summed E-state index contributed by atoms with van der Waals surface area (Å²) in [6, 6.07) is 0. The molecule has 0 saturated carbocycles. The number of aromatic nitrogens is 2. The number of carbonyl (C=O) groups excluding carboxylic acids is 1. The maximum Gasteiger partial charge on any atom is 0.226 e. The van der Waals surface area contributed by atoms with E-state index in [-0.39, 0.29) is 5.91 Å². The van der Waals surface area contributed by atoms with Gasteiger partial charge in [0, 0.05) is 12.8 Å². The Labute approximate surface area is 137 Å². The first-order valence-electron chi connectivity index (χ1n) is 8.52. The second-order valence-corrected chi connectivity index (χ2v) is 7.34. The lowest BCUT2D eigenvalue weighted by molar-refractivity contribution is -0.117. The van der Waals surface area contributed by atoms with Crippen LogP contribution in [0.25, 0.3) is 0 Å². The van der Waals surface area contributed by atoms with Crippen LogP contribution in [0, 0.1) is 11.8 Å². The summed E-state index contributed by atoms with van der Waals surface area (Å²) in [5, 5.41) is 16.2. The van der Waals surface area contributed by atoms with Gasteiger partial charge in [-0.25, -0.2) is 0 Å². The van der Waals surface area contributed by atoms with Crippen LogP contribution in [0.5, 0.6) is 0 Å². The molecule has 2 N–H and O–H groups in total.